The van der Waals surface area contributed by atoms with Crippen LogP contribution in [-0.4, -0.2) is 47.2 Å². The third-order valence-electron chi connectivity index (χ3n) is 6.34. The Labute approximate surface area is 234 Å². The first-order valence-electron chi connectivity index (χ1n) is 12.2. The molecule has 12 heteroatoms. The van der Waals surface area contributed by atoms with Crippen LogP contribution in [0.25, 0.3) is 22.6 Å². The maximum absolute atomic E-state index is 13.2. The summed E-state index contributed by atoms with van der Waals surface area (Å²) in [7, 11) is 0. The number of ether oxygens (including phenoxy) is 1. The second-order valence-corrected chi connectivity index (χ2v) is 9.65. The molecule has 2 N–H and O–H groups in total. The van der Waals surface area contributed by atoms with Gasteiger partial charge in [0.2, 0.25) is 5.89 Å². The highest BCUT2D eigenvalue weighted by molar-refractivity contribution is 7.80. The van der Waals surface area contributed by atoms with Gasteiger partial charge in [-0.15, -0.1) is 0 Å². The zero-order valence-corrected chi connectivity index (χ0v) is 22.5. The number of nitrogens with zero attached hydrogens (tertiary/aromatic N) is 3. The normalized spacial score (nSPS) is 13.3. The zero-order chi connectivity index (χ0) is 27.5. The Morgan fingerprint density at radius 3 is 2.69 bits per heavy atom. The number of hydrogen-bond donors (Lipinski definition) is 2. The molecule has 0 aliphatic carbocycles. The van der Waals surface area contributed by atoms with E-state index in [4.69, 9.17) is 33.0 Å². The number of nitrogens with one attached hydrogen (secondary N) is 2. The van der Waals surface area contributed by atoms with Crippen molar-refractivity contribution >= 4 is 63.0 Å². The summed E-state index contributed by atoms with van der Waals surface area (Å²) in [6, 6.07) is 15.2. The van der Waals surface area contributed by atoms with Gasteiger partial charge in [-0.25, -0.2) is 4.98 Å². The minimum atomic E-state index is -0.587. The predicted molar refractivity (Wildman–Crippen MR) is 154 cm³/mol. The van der Waals surface area contributed by atoms with Gasteiger partial charge in [0.05, 0.1) is 40.1 Å². The first-order chi connectivity index (χ1) is 18.8. The molecule has 0 bridgehead atoms. The van der Waals surface area contributed by atoms with E-state index in [2.05, 4.69) is 22.5 Å². The van der Waals surface area contributed by atoms with Crippen LogP contribution in [-0.2, 0) is 11.2 Å². The van der Waals surface area contributed by atoms with E-state index in [9.17, 15) is 14.9 Å². The molecule has 0 atom stereocenters. The molecule has 1 saturated heterocycles. The molecule has 1 aliphatic heterocycles. The summed E-state index contributed by atoms with van der Waals surface area (Å²) < 4.78 is 11.3. The van der Waals surface area contributed by atoms with Gasteiger partial charge in [-0.3, -0.25) is 20.2 Å². The maximum Gasteiger partial charge on any atom is 0.270 e. The second-order valence-electron chi connectivity index (χ2n) is 8.84. The number of rotatable bonds is 6. The molecule has 0 radical (unpaired) electrons. The second kappa shape index (κ2) is 11.4. The molecule has 2 heterocycles. The Bertz CT molecular complexity index is 1580. The van der Waals surface area contributed by atoms with Crippen molar-refractivity contribution in [1.29, 1.82) is 0 Å². The topological polar surface area (TPSA) is 123 Å². The number of aryl methyl sites for hydroxylation is 1. The van der Waals surface area contributed by atoms with E-state index in [1.165, 1.54) is 12.1 Å². The van der Waals surface area contributed by atoms with Crippen molar-refractivity contribution in [2.75, 3.05) is 36.5 Å². The van der Waals surface area contributed by atoms with E-state index in [1.807, 2.05) is 23.1 Å². The highest BCUT2D eigenvalue weighted by Gasteiger charge is 2.23. The predicted octanol–water partition coefficient (Wildman–Crippen LogP) is 5.58. The molecule has 1 aliphatic rings. The van der Waals surface area contributed by atoms with E-state index < -0.39 is 10.8 Å². The van der Waals surface area contributed by atoms with Crippen molar-refractivity contribution < 1.29 is 18.9 Å². The van der Waals surface area contributed by atoms with Crippen LogP contribution in [0.2, 0.25) is 5.02 Å². The van der Waals surface area contributed by atoms with Gasteiger partial charge < -0.3 is 19.4 Å². The van der Waals surface area contributed by atoms with Crippen LogP contribution in [0.1, 0.15) is 22.8 Å². The van der Waals surface area contributed by atoms with Crippen molar-refractivity contribution in [3.63, 3.8) is 0 Å². The fourth-order valence-corrected chi connectivity index (χ4v) is 4.66. The molecular weight excluding hydrogens is 542 g/mol. The Kier molecular flexibility index (Phi) is 7.73. The fraction of sp³-hybridized carbons (Fsp3) is 0.222. The lowest BCUT2D eigenvalue weighted by Gasteiger charge is -2.30. The number of oxazole rings is 1. The molecule has 39 heavy (non-hydrogen) atoms. The van der Waals surface area contributed by atoms with E-state index in [0.29, 0.717) is 59.7 Å². The van der Waals surface area contributed by atoms with Gasteiger partial charge in [0.15, 0.2) is 10.7 Å². The average molecular weight is 566 g/mol. The number of anilines is 2. The van der Waals surface area contributed by atoms with Crippen molar-refractivity contribution in [1.82, 2.24) is 10.3 Å². The number of aromatic nitrogens is 1. The summed E-state index contributed by atoms with van der Waals surface area (Å²) in [5.74, 6) is -0.171. The van der Waals surface area contributed by atoms with Crippen LogP contribution in [0.3, 0.4) is 0 Å². The van der Waals surface area contributed by atoms with Crippen molar-refractivity contribution in [2.24, 2.45) is 0 Å². The number of nitro groups is 1. The molecular formula is C27H24ClN5O5S. The molecule has 1 aromatic heterocycles. The lowest BCUT2D eigenvalue weighted by molar-refractivity contribution is -0.384. The number of thiocarbonyl (C=S) groups is 1. The van der Waals surface area contributed by atoms with E-state index in [-0.39, 0.29) is 16.4 Å². The van der Waals surface area contributed by atoms with Gasteiger partial charge in [0, 0.05) is 30.8 Å². The van der Waals surface area contributed by atoms with Crippen molar-refractivity contribution in [3.05, 3.63) is 80.9 Å². The third-order valence-corrected chi connectivity index (χ3v) is 6.87. The number of amides is 1. The SMILES string of the molecule is CCc1ccc2oc(-c3ccc(Cl)c(NC(=S)NC(=O)c4cc([N+](=O)[O-])ccc4N4CCOCC4)c3)nc2c1. The van der Waals surface area contributed by atoms with Gasteiger partial charge >= 0.3 is 0 Å². The number of nitro benzene ring substituents is 1. The van der Waals surface area contributed by atoms with Gasteiger partial charge in [0.25, 0.3) is 11.6 Å². The molecule has 0 spiro atoms. The van der Waals surface area contributed by atoms with Crippen molar-refractivity contribution in [3.8, 4) is 11.5 Å². The number of fused-ring (bicyclic) bond motifs is 1. The molecule has 10 nitrogen and oxygen atoms in total. The first-order valence-corrected chi connectivity index (χ1v) is 13.0. The van der Waals surface area contributed by atoms with Gasteiger partial charge in [-0.05, 0) is 60.6 Å². The summed E-state index contributed by atoms with van der Waals surface area (Å²) in [5.41, 5.74) is 4.17. The van der Waals surface area contributed by atoms with E-state index in [1.54, 1.807) is 24.3 Å². The third kappa shape index (κ3) is 5.85. The van der Waals surface area contributed by atoms with Gasteiger partial charge in [-0.1, -0.05) is 24.6 Å². The van der Waals surface area contributed by atoms with Crippen molar-refractivity contribution in [2.45, 2.75) is 13.3 Å². The number of morpholine rings is 1. The summed E-state index contributed by atoms with van der Waals surface area (Å²) in [6.45, 7) is 4.17. The molecule has 0 unspecified atom stereocenters. The molecule has 200 valence electrons. The minimum Gasteiger partial charge on any atom is -0.436 e. The number of hydrogen-bond acceptors (Lipinski definition) is 8. The van der Waals surface area contributed by atoms with Crippen LogP contribution in [0.5, 0.6) is 0 Å². The number of carbonyl (C=O) groups excluding carboxylic acids is 1. The number of carbonyl (C=O) groups is 1. The first kappa shape index (κ1) is 26.5. The monoisotopic (exact) mass is 565 g/mol. The molecule has 1 amide bonds. The molecule has 5 rings (SSSR count). The Balaban J connectivity index is 1.36. The quantitative estimate of drug-likeness (QED) is 0.175. The van der Waals surface area contributed by atoms with Crippen LogP contribution in [0.4, 0.5) is 17.1 Å². The summed E-state index contributed by atoms with van der Waals surface area (Å²) in [5, 5.41) is 17.3. The Morgan fingerprint density at radius 1 is 1.15 bits per heavy atom. The Morgan fingerprint density at radius 2 is 1.95 bits per heavy atom. The Hall–Kier alpha value is -4.06. The van der Waals surface area contributed by atoms with E-state index in [0.717, 1.165) is 17.5 Å². The summed E-state index contributed by atoms with van der Waals surface area (Å²) in [4.78, 5) is 30.6. The van der Waals surface area contributed by atoms with Crippen LogP contribution >= 0.6 is 23.8 Å². The van der Waals surface area contributed by atoms with Gasteiger partial charge in [0.1, 0.15) is 5.52 Å². The average Bonchev–Trinajstić information content (AvgIpc) is 3.37. The largest absolute Gasteiger partial charge is 0.436 e. The lowest BCUT2D eigenvalue weighted by atomic mass is 10.1. The molecule has 1 fully saturated rings. The maximum atomic E-state index is 13.2. The van der Waals surface area contributed by atoms with Crippen LogP contribution in [0.15, 0.2) is 59.0 Å². The molecule has 0 saturated carbocycles. The number of non-ortho nitro benzene ring substituents is 1. The highest BCUT2D eigenvalue weighted by Crippen LogP contribution is 2.31. The van der Waals surface area contributed by atoms with Gasteiger partial charge in [-0.2, -0.15) is 0 Å². The minimum absolute atomic E-state index is 0.0244. The number of benzene rings is 3. The highest BCUT2D eigenvalue weighted by atomic mass is 35.5. The summed E-state index contributed by atoms with van der Waals surface area (Å²) in [6.07, 6.45) is 0.889. The number of halogens is 1. The molecule has 4 aromatic rings. The van der Waals surface area contributed by atoms with Crippen LogP contribution in [0, 0.1) is 10.1 Å². The smallest absolute Gasteiger partial charge is 0.270 e. The summed E-state index contributed by atoms with van der Waals surface area (Å²) >= 11 is 11.8. The standard InChI is InChI=1S/C27H24ClN5O5S/c1-2-16-3-8-24-22(13-16)29-26(38-24)17-4-6-20(28)21(14-17)30-27(39)31-25(34)19-15-18(33(35)36)5-7-23(19)32-9-11-37-12-10-32/h3-8,13-15H,2,9-12H2,1H3,(H2,30,31,34,39). The zero-order valence-electron chi connectivity index (χ0n) is 20.9. The lowest BCUT2D eigenvalue weighted by Crippen LogP contribution is -2.39. The van der Waals surface area contributed by atoms with E-state index >= 15 is 0 Å². The molecule has 3 aromatic carbocycles. The van der Waals surface area contributed by atoms with Crippen LogP contribution < -0.4 is 15.5 Å². The fourth-order valence-electron chi connectivity index (χ4n) is 4.29.